The molecule has 0 saturated heterocycles. The van der Waals surface area contributed by atoms with Gasteiger partial charge in [-0.1, -0.05) is 0 Å². The van der Waals surface area contributed by atoms with Gasteiger partial charge in [-0.15, -0.1) is 13.2 Å². The van der Waals surface area contributed by atoms with E-state index in [1.54, 1.807) is 0 Å². The molecule has 0 radical (unpaired) electrons. The fourth-order valence-corrected chi connectivity index (χ4v) is 1.15. The van der Waals surface area contributed by atoms with E-state index in [2.05, 4.69) is 14.5 Å². The zero-order valence-electron chi connectivity index (χ0n) is 9.09. The molecule has 1 N–H and O–H groups in total. The van der Waals surface area contributed by atoms with Gasteiger partial charge in [0.2, 0.25) is 0 Å². The Hall–Kier alpha value is -2.59. The van der Waals surface area contributed by atoms with Crippen LogP contribution in [-0.4, -0.2) is 34.5 Å². The number of aromatic nitrogens is 1. The topological polar surface area (TPSA) is 112 Å². The van der Waals surface area contributed by atoms with E-state index >= 15 is 0 Å². The second kappa shape index (κ2) is 4.96. The zero-order chi connectivity index (χ0) is 14.8. The molecular weight excluding hydrogens is 277 g/mol. The Morgan fingerprint density at radius 1 is 1.53 bits per heavy atom. The number of halogens is 3. The summed E-state index contributed by atoms with van der Waals surface area (Å²) in [6.07, 6.45) is -5.13. The summed E-state index contributed by atoms with van der Waals surface area (Å²) in [7, 11) is 0.933. The molecule has 0 aromatic carbocycles. The van der Waals surface area contributed by atoms with Crippen molar-refractivity contribution in [3.05, 3.63) is 21.7 Å². The number of hydrogen-bond acceptors (Lipinski definition) is 6. The Labute approximate surface area is 102 Å². The first-order chi connectivity index (χ1) is 8.65. The lowest BCUT2D eigenvalue weighted by atomic mass is 10.2. The molecule has 19 heavy (non-hydrogen) atoms. The molecule has 1 rings (SSSR count). The van der Waals surface area contributed by atoms with Gasteiger partial charge in [-0.05, 0) is 4.92 Å². The van der Waals surface area contributed by atoms with E-state index in [1.807, 2.05) is 0 Å². The van der Waals surface area contributed by atoms with Gasteiger partial charge in [0.15, 0.2) is 5.56 Å². The molecule has 104 valence electrons. The SMILES string of the molecule is COc1cc(OC(F)(F)F)nc([N+](=O)[O-])c1C(=O)O. The van der Waals surface area contributed by atoms with Crippen LogP contribution in [0, 0.1) is 10.1 Å². The molecule has 0 atom stereocenters. The molecule has 1 aromatic heterocycles. The Balaban J connectivity index is 3.45. The number of aromatic carboxylic acids is 1. The zero-order valence-corrected chi connectivity index (χ0v) is 9.09. The summed E-state index contributed by atoms with van der Waals surface area (Å²) in [4.78, 5) is 23.0. The number of methoxy groups -OCH3 is 1. The molecule has 0 unspecified atom stereocenters. The van der Waals surface area contributed by atoms with Crippen LogP contribution < -0.4 is 9.47 Å². The van der Waals surface area contributed by atoms with E-state index < -0.39 is 40.3 Å². The Morgan fingerprint density at radius 3 is 2.47 bits per heavy atom. The number of carboxylic acids is 1. The lowest BCUT2D eigenvalue weighted by Gasteiger charge is -2.08. The van der Waals surface area contributed by atoms with Crippen molar-refractivity contribution in [3.63, 3.8) is 0 Å². The number of carboxylic acid groups (broad SMARTS) is 1. The highest BCUT2D eigenvalue weighted by atomic mass is 19.4. The predicted octanol–water partition coefficient (Wildman–Crippen LogP) is 1.60. The molecule has 0 saturated carbocycles. The molecule has 0 aliphatic rings. The molecule has 0 aliphatic carbocycles. The van der Waals surface area contributed by atoms with Crippen molar-refractivity contribution in [3.8, 4) is 11.6 Å². The third kappa shape index (κ3) is 3.43. The lowest BCUT2D eigenvalue weighted by molar-refractivity contribution is -0.390. The third-order valence-corrected chi connectivity index (χ3v) is 1.77. The van der Waals surface area contributed by atoms with Gasteiger partial charge in [-0.25, -0.2) is 4.79 Å². The maximum Gasteiger partial charge on any atom is 0.575 e. The van der Waals surface area contributed by atoms with Crippen molar-refractivity contribution in [1.82, 2.24) is 4.98 Å². The minimum Gasteiger partial charge on any atom is -0.495 e. The molecule has 1 heterocycles. The van der Waals surface area contributed by atoms with Crippen LogP contribution in [0.3, 0.4) is 0 Å². The van der Waals surface area contributed by atoms with E-state index in [1.165, 1.54) is 0 Å². The number of ether oxygens (including phenoxy) is 2. The van der Waals surface area contributed by atoms with Crippen molar-refractivity contribution in [1.29, 1.82) is 0 Å². The predicted molar refractivity (Wildman–Crippen MR) is 51.1 cm³/mol. The highest BCUT2D eigenvalue weighted by Gasteiger charge is 2.37. The molecule has 0 aliphatic heterocycles. The molecule has 8 nitrogen and oxygen atoms in total. The minimum atomic E-state index is -5.13. The van der Waals surface area contributed by atoms with Gasteiger partial charge in [0.1, 0.15) is 5.75 Å². The van der Waals surface area contributed by atoms with Gasteiger partial charge >= 0.3 is 24.0 Å². The molecule has 1 aromatic rings. The van der Waals surface area contributed by atoms with Gasteiger partial charge in [-0.3, -0.25) is 0 Å². The van der Waals surface area contributed by atoms with Crippen molar-refractivity contribution < 1.29 is 37.5 Å². The van der Waals surface area contributed by atoms with Crippen LogP contribution in [-0.2, 0) is 0 Å². The molecule has 0 amide bonds. The Morgan fingerprint density at radius 2 is 2.11 bits per heavy atom. The van der Waals surface area contributed by atoms with Crippen molar-refractivity contribution >= 4 is 11.8 Å². The number of hydrogen-bond donors (Lipinski definition) is 1. The first-order valence-electron chi connectivity index (χ1n) is 4.38. The average molecular weight is 282 g/mol. The summed E-state index contributed by atoms with van der Waals surface area (Å²) < 4.78 is 43.8. The Kier molecular flexibility index (Phi) is 3.77. The monoisotopic (exact) mass is 282 g/mol. The standard InChI is InChI=1S/C8H5F3N2O6/c1-18-3-2-4(19-8(9,10)11)12-6(13(16)17)5(3)7(14)15/h2H,1H3,(H,14,15). The van der Waals surface area contributed by atoms with Gasteiger partial charge < -0.3 is 24.7 Å². The maximum atomic E-state index is 12.0. The van der Waals surface area contributed by atoms with E-state index in [4.69, 9.17) is 5.11 Å². The highest BCUT2D eigenvalue weighted by molar-refractivity contribution is 5.94. The third-order valence-electron chi connectivity index (χ3n) is 1.77. The van der Waals surface area contributed by atoms with Crippen LogP contribution >= 0.6 is 0 Å². The molecule has 11 heteroatoms. The molecule has 0 spiro atoms. The van der Waals surface area contributed by atoms with Crippen molar-refractivity contribution in [2.24, 2.45) is 0 Å². The van der Waals surface area contributed by atoms with Crippen LogP contribution in [0.15, 0.2) is 6.07 Å². The van der Waals surface area contributed by atoms with Crippen LogP contribution in [0.4, 0.5) is 19.0 Å². The summed E-state index contributed by atoms with van der Waals surface area (Å²) in [5.74, 6) is -4.95. The van der Waals surface area contributed by atoms with Crippen LogP contribution in [0.1, 0.15) is 10.4 Å². The number of nitrogens with zero attached hydrogens (tertiary/aromatic N) is 2. The molecule has 0 bridgehead atoms. The van der Waals surface area contributed by atoms with Crippen LogP contribution in [0.25, 0.3) is 0 Å². The summed E-state index contributed by atoms with van der Waals surface area (Å²) in [6, 6.07) is 0.490. The average Bonchev–Trinajstić information content (AvgIpc) is 2.24. The van der Waals surface area contributed by atoms with Crippen LogP contribution in [0.5, 0.6) is 11.6 Å². The number of pyridine rings is 1. The van der Waals surface area contributed by atoms with E-state index in [0.717, 1.165) is 7.11 Å². The fourth-order valence-electron chi connectivity index (χ4n) is 1.15. The minimum absolute atomic E-state index is 0.490. The first kappa shape index (κ1) is 14.5. The summed E-state index contributed by atoms with van der Waals surface area (Å²) in [6.45, 7) is 0. The normalized spacial score (nSPS) is 10.9. The number of rotatable bonds is 4. The van der Waals surface area contributed by atoms with Crippen LogP contribution in [0.2, 0.25) is 0 Å². The Bertz CT molecular complexity index is 530. The van der Waals surface area contributed by atoms with E-state index in [-0.39, 0.29) is 0 Å². The molecule has 0 fully saturated rings. The van der Waals surface area contributed by atoms with Gasteiger partial charge in [0.25, 0.3) is 0 Å². The number of nitro groups is 1. The van der Waals surface area contributed by atoms with Crippen molar-refractivity contribution in [2.45, 2.75) is 6.36 Å². The number of alkyl halides is 3. The van der Waals surface area contributed by atoms with E-state index in [9.17, 15) is 28.1 Å². The summed E-state index contributed by atoms with van der Waals surface area (Å²) in [5, 5.41) is 19.4. The number of carbonyl (C=O) groups is 1. The second-order valence-corrected chi connectivity index (χ2v) is 2.97. The maximum absolute atomic E-state index is 12.0. The largest absolute Gasteiger partial charge is 0.575 e. The summed E-state index contributed by atoms with van der Waals surface area (Å²) >= 11 is 0. The smallest absolute Gasteiger partial charge is 0.495 e. The van der Waals surface area contributed by atoms with Crippen molar-refractivity contribution in [2.75, 3.05) is 7.11 Å². The van der Waals surface area contributed by atoms with Gasteiger partial charge in [0.05, 0.1) is 13.2 Å². The van der Waals surface area contributed by atoms with Gasteiger partial charge in [0, 0.05) is 4.98 Å². The summed E-state index contributed by atoms with van der Waals surface area (Å²) in [5.41, 5.74) is -0.970. The quantitative estimate of drug-likeness (QED) is 0.659. The lowest BCUT2D eigenvalue weighted by Crippen LogP contribution is -2.19. The fraction of sp³-hybridized carbons (Fsp3) is 0.250. The van der Waals surface area contributed by atoms with Gasteiger partial charge in [-0.2, -0.15) is 0 Å². The second-order valence-electron chi connectivity index (χ2n) is 2.97. The highest BCUT2D eigenvalue weighted by Crippen LogP contribution is 2.32. The van der Waals surface area contributed by atoms with E-state index in [0.29, 0.717) is 6.07 Å². The molecular formula is C8H5F3N2O6. The first-order valence-corrected chi connectivity index (χ1v) is 4.38.